The fraction of sp³-hybridized carbons (Fsp3) is 0.143. The van der Waals surface area contributed by atoms with Crippen LogP contribution in [0.25, 0.3) is 0 Å². The molecule has 1 N–H and O–H groups in total. The summed E-state index contributed by atoms with van der Waals surface area (Å²) in [5.74, 6) is -0.843. The molecule has 3 aromatic rings. The van der Waals surface area contributed by atoms with Gasteiger partial charge in [0.1, 0.15) is 0 Å². The minimum atomic E-state index is -1.95. The first-order valence-corrected chi connectivity index (χ1v) is 10.1. The molecule has 2 aromatic carbocycles. The number of fused-ring (bicyclic) bond motifs is 1. The first kappa shape index (κ1) is 19.1. The van der Waals surface area contributed by atoms with Crippen LogP contribution >= 0.6 is 31.9 Å². The zero-order valence-electron chi connectivity index (χ0n) is 14.6. The van der Waals surface area contributed by atoms with Gasteiger partial charge in [0, 0.05) is 14.5 Å². The van der Waals surface area contributed by atoms with E-state index in [4.69, 9.17) is 4.42 Å². The molecule has 0 saturated carbocycles. The normalized spacial score (nSPS) is 18.4. The van der Waals surface area contributed by atoms with Crippen molar-refractivity contribution in [2.24, 2.45) is 0 Å². The van der Waals surface area contributed by atoms with Gasteiger partial charge in [-0.3, -0.25) is 9.59 Å². The Labute approximate surface area is 178 Å². The largest absolute Gasteiger partial charge is 0.461 e. The average molecular weight is 505 g/mol. The Morgan fingerprint density at radius 1 is 1.07 bits per heavy atom. The van der Waals surface area contributed by atoms with E-state index in [0.717, 1.165) is 10.0 Å². The van der Waals surface area contributed by atoms with E-state index in [1.54, 1.807) is 24.3 Å². The number of hydrogen-bond donors (Lipinski definition) is 1. The third kappa shape index (κ3) is 3.34. The highest BCUT2D eigenvalue weighted by Crippen LogP contribution is 2.44. The van der Waals surface area contributed by atoms with E-state index >= 15 is 0 Å². The summed E-state index contributed by atoms with van der Waals surface area (Å²) in [5.41, 5.74) is -0.0416. The number of carbonyl (C=O) groups is 2. The molecule has 4 rings (SSSR count). The van der Waals surface area contributed by atoms with Gasteiger partial charge in [-0.25, -0.2) is 0 Å². The summed E-state index contributed by atoms with van der Waals surface area (Å²) in [6, 6.07) is 16.0. The number of amides is 1. The molecule has 5 nitrogen and oxygen atoms in total. The standard InChI is InChI=1S/C21H15Br2NO4/c22-14-5-3-13(4-6-14)12-24-17-8-7-15(23)10-16(17)21(27,20(24)26)11-18(25)19-2-1-9-28-19/h1-10,27H,11-12H2. The monoisotopic (exact) mass is 503 g/mol. The molecule has 1 aliphatic heterocycles. The van der Waals surface area contributed by atoms with Crippen molar-refractivity contribution in [2.45, 2.75) is 18.6 Å². The van der Waals surface area contributed by atoms with Crippen LogP contribution in [0.4, 0.5) is 5.69 Å². The van der Waals surface area contributed by atoms with Gasteiger partial charge in [-0.1, -0.05) is 44.0 Å². The van der Waals surface area contributed by atoms with E-state index in [0.29, 0.717) is 15.7 Å². The number of nitrogens with zero attached hydrogens (tertiary/aromatic N) is 1. The summed E-state index contributed by atoms with van der Waals surface area (Å²) in [5, 5.41) is 11.3. The number of ketones is 1. The number of benzene rings is 2. The van der Waals surface area contributed by atoms with Crippen LogP contribution in [0.5, 0.6) is 0 Å². The zero-order valence-corrected chi connectivity index (χ0v) is 17.7. The van der Waals surface area contributed by atoms with Crippen LogP contribution in [0, 0.1) is 0 Å². The molecule has 0 saturated heterocycles. The Balaban J connectivity index is 1.72. The van der Waals surface area contributed by atoms with Gasteiger partial charge in [0.25, 0.3) is 5.91 Å². The topological polar surface area (TPSA) is 70.8 Å². The smallest absolute Gasteiger partial charge is 0.264 e. The molecular weight excluding hydrogens is 490 g/mol. The summed E-state index contributed by atoms with van der Waals surface area (Å²) >= 11 is 6.78. The van der Waals surface area contributed by atoms with Crippen LogP contribution in [0.15, 0.2) is 74.2 Å². The number of halogens is 2. The maximum atomic E-state index is 13.2. The number of rotatable bonds is 5. The molecular formula is C21H15Br2NO4. The lowest BCUT2D eigenvalue weighted by Gasteiger charge is -2.22. The molecule has 0 radical (unpaired) electrons. The number of anilines is 1. The van der Waals surface area contributed by atoms with Crippen LogP contribution in [0.2, 0.25) is 0 Å². The first-order chi connectivity index (χ1) is 13.4. The molecule has 7 heteroatoms. The summed E-state index contributed by atoms with van der Waals surface area (Å²) in [6.07, 6.45) is 0.998. The van der Waals surface area contributed by atoms with Crippen molar-refractivity contribution in [1.29, 1.82) is 0 Å². The molecule has 1 aliphatic rings. The van der Waals surface area contributed by atoms with Gasteiger partial charge in [0.05, 0.1) is 24.9 Å². The lowest BCUT2D eigenvalue weighted by molar-refractivity contribution is -0.136. The first-order valence-electron chi connectivity index (χ1n) is 8.54. The Morgan fingerprint density at radius 2 is 1.79 bits per heavy atom. The second-order valence-corrected chi connectivity index (χ2v) is 8.45. The Bertz CT molecular complexity index is 1050. The van der Waals surface area contributed by atoms with E-state index in [2.05, 4.69) is 31.9 Å². The molecule has 1 unspecified atom stereocenters. The molecule has 1 aromatic heterocycles. The maximum absolute atomic E-state index is 13.2. The van der Waals surface area contributed by atoms with Crippen molar-refractivity contribution >= 4 is 49.2 Å². The highest BCUT2D eigenvalue weighted by Gasteiger charge is 2.51. The summed E-state index contributed by atoms with van der Waals surface area (Å²) in [6.45, 7) is 0.290. The van der Waals surface area contributed by atoms with Crippen LogP contribution in [-0.2, 0) is 16.9 Å². The van der Waals surface area contributed by atoms with Gasteiger partial charge in [-0.15, -0.1) is 0 Å². The van der Waals surface area contributed by atoms with Crippen molar-refractivity contribution in [2.75, 3.05) is 4.90 Å². The van der Waals surface area contributed by atoms with Gasteiger partial charge < -0.3 is 14.4 Å². The lowest BCUT2D eigenvalue weighted by Crippen LogP contribution is -2.41. The quantitative estimate of drug-likeness (QED) is 0.506. The van der Waals surface area contributed by atoms with Crippen molar-refractivity contribution in [3.05, 3.63) is 86.7 Å². The van der Waals surface area contributed by atoms with Gasteiger partial charge in [0.2, 0.25) is 5.78 Å². The SMILES string of the molecule is O=C(CC1(O)C(=O)N(Cc2ccc(Br)cc2)c2ccc(Br)cc21)c1ccco1. The second kappa shape index (κ2) is 7.31. The molecule has 142 valence electrons. The predicted molar refractivity (Wildman–Crippen MR) is 111 cm³/mol. The number of carbonyl (C=O) groups excluding carboxylic acids is 2. The Hall–Kier alpha value is -2.22. The van der Waals surface area contributed by atoms with Crippen LogP contribution in [0.3, 0.4) is 0 Å². The number of aliphatic hydroxyl groups is 1. The van der Waals surface area contributed by atoms with E-state index in [1.165, 1.54) is 17.2 Å². The van der Waals surface area contributed by atoms with E-state index in [9.17, 15) is 14.7 Å². The molecule has 28 heavy (non-hydrogen) atoms. The van der Waals surface area contributed by atoms with Crippen LogP contribution < -0.4 is 4.90 Å². The molecule has 0 aliphatic carbocycles. The van der Waals surface area contributed by atoms with E-state index in [-0.39, 0.29) is 18.7 Å². The van der Waals surface area contributed by atoms with E-state index in [1.807, 2.05) is 24.3 Å². The van der Waals surface area contributed by atoms with E-state index < -0.39 is 17.3 Å². The van der Waals surface area contributed by atoms with Crippen LogP contribution in [-0.4, -0.2) is 16.8 Å². The second-order valence-electron chi connectivity index (χ2n) is 6.62. The van der Waals surface area contributed by atoms with Crippen molar-refractivity contribution in [1.82, 2.24) is 0 Å². The number of Topliss-reactive ketones (excluding diaryl/α,β-unsaturated/α-hetero) is 1. The third-order valence-corrected chi connectivity index (χ3v) is 5.78. The van der Waals surface area contributed by atoms with Crippen molar-refractivity contribution in [3.63, 3.8) is 0 Å². The Kier molecular flexibility index (Phi) is 4.99. The fourth-order valence-corrected chi connectivity index (χ4v) is 4.01. The van der Waals surface area contributed by atoms with Gasteiger partial charge in [-0.2, -0.15) is 0 Å². The van der Waals surface area contributed by atoms with Crippen LogP contribution in [0.1, 0.15) is 28.1 Å². The molecule has 0 bridgehead atoms. The Morgan fingerprint density at radius 3 is 2.46 bits per heavy atom. The predicted octanol–water partition coefficient (Wildman–Crippen LogP) is 4.81. The summed E-state index contributed by atoms with van der Waals surface area (Å²) in [7, 11) is 0. The highest BCUT2D eigenvalue weighted by molar-refractivity contribution is 9.10. The van der Waals surface area contributed by atoms with Gasteiger partial charge in [-0.05, 0) is 48.0 Å². The summed E-state index contributed by atoms with van der Waals surface area (Å²) in [4.78, 5) is 27.3. The average Bonchev–Trinajstić information content (AvgIpc) is 3.27. The zero-order chi connectivity index (χ0) is 19.9. The fourth-order valence-electron chi connectivity index (χ4n) is 3.38. The highest BCUT2D eigenvalue weighted by atomic mass is 79.9. The molecule has 1 atom stereocenters. The molecule has 2 heterocycles. The van der Waals surface area contributed by atoms with Gasteiger partial charge >= 0.3 is 0 Å². The molecule has 0 spiro atoms. The van der Waals surface area contributed by atoms with Crippen molar-refractivity contribution in [3.8, 4) is 0 Å². The minimum absolute atomic E-state index is 0.115. The lowest BCUT2D eigenvalue weighted by atomic mass is 9.89. The maximum Gasteiger partial charge on any atom is 0.264 e. The third-order valence-electron chi connectivity index (χ3n) is 4.76. The minimum Gasteiger partial charge on any atom is -0.461 e. The number of furan rings is 1. The summed E-state index contributed by atoms with van der Waals surface area (Å²) < 4.78 is 6.79. The molecule has 0 fully saturated rings. The van der Waals surface area contributed by atoms with Gasteiger partial charge in [0.15, 0.2) is 11.4 Å². The van der Waals surface area contributed by atoms with Crippen molar-refractivity contribution < 1.29 is 19.1 Å². The molecule has 1 amide bonds. The number of hydrogen-bond acceptors (Lipinski definition) is 4.